The lowest BCUT2D eigenvalue weighted by atomic mass is 10.2. The first-order chi connectivity index (χ1) is 5.52. The molecule has 0 saturated carbocycles. The molecule has 0 radical (unpaired) electrons. The Balaban J connectivity index is 3.37. The van der Waals surface area contributed by atoms with E-state index in [0.717, 1.165) is 3.57 Å². The third-order valence-electron chi connectivity index (χ3n) is 1.24. The molecule has 64 valence electrons. The fraction of sp³-hybridized carbons (Fsp3) is 0. The van der Waals surface area contributed by atoms with E-state index in [1.165, 1.54) is 0 Å². The average Bonchev–Trinajstić information content (AvgIpc) is 1.96. The maximum absolute atomic E-state index is 10.8. The third kappa shape index (κ3) is 2.23. The molecule has 1 N–H and O–H groups in total. The summed E-state index contributed by atoms with van der Waals surface area (Å²) in [5, 5.41) is 8.74. The smallest absolute Gasteiger partial charge is 0.256 e. The summed E-state index contributed by atoms with van der Waals surface area (Å²) in [6.07, 6.45) is 0. The lowest BCUT2D eigenvalue weighted by molar-refractivity contribution is 0.107. The molecule has 0 fully saturated rings. The SMILES string of the molecule is O=C(Cl)c1cc(I)cc(I)c1O. The lowest BCUT2D eigenvalue weighted by Gasteiger charge is -2.02. The minimum absolute atomic E-state index is 0.0454. The molecular formula is C7H3ClI2O2. The maximum Gasteiger partial charge on any atom is 0.256 e. The van der Waals surface area contributed by atoms with Crippen LogP contribution in [0.1, 0.15) is 10.4 Å². The molecule has 0 aliphatic heterocycles. The van der Waals surface area contributed by atoms with Gasteiger partial charge in [-0.1, -0.05) is 0 Å². The zero-order valence-corrected chi connectivity index (χ0v) is 10.7. The molecule has 0 bridgehead atoms. The Kier molecular flexibility index (Phi) is 3.59. The van der Waals surface area contributed by atoms with Gasteiger partial charge in [0.2, 0.25) is 0 Å². The summed E-state index contributed by atoms with van der Waals surface area (Å²) in [6, 6.07) is 3.31. The molecule has 0 amide bonds. The Morgan fingerprint density at radius 1 is 1.42 bits per heavy atom. The topological polar surface area (TPSA) is 37.3 Å². The Hall–Kier alpha value is 0.440. The molecule has 0 saturated heterocycles. The molecule has 0 spiro atoms. The zero-order chi connectivity index (χ0) is 9.30. The number of phenols is 1. The van der Waals surface area contributed by atoms with E-state index in [1.807, 2.05) is 22.6 Å². The molecule has 0 unspecified atom stereocenters. The Morgan fingerprint density at radius 3 is 2.50 bits per heavy atom. The van der Waals surface area contributed by atoms with Gasteiger partial charge in [0.15, 0.2) is 0 Å². The fourth-order valence-electron chi connectivity index (χ4n) is 0.716. The highest BCUT2D eigenvalue weighted by Crippen LogP contribution is 2.27. The normalized spacial score (nSPS) is 9.92. The molecule has 0 atom stereocenters. The van der Waals surface area contributed by atoms with E-state index >= 15 is 0 Å². The number of rotatable bonds is 1. The first-order valence-corrected chi connectivity index (χ1v) is 5.43. The van der Waals surface area contributed by atoms with E-state index < -0.39 is 5.24 Å². The van der Waals surface area contributed by atoms with Gasteiger partial charge in [0.1, 0.15) is 5.75 Å². The van der Waals surface area contributed by atoms with E-state index in [4.69, 9.17) is 11.6 Å². The van der Waals surface area contributed by atoms with Crippen LogP contribution in [-0.2, 0) is 0 Å². The van der Waals surface area contributed by atoms with E-state index in [0.29, 0.717) is 3.57 Å². The Morgan fingerprint density at radius 2 is 2.00 bits per heavy atom. The Bertz CT molecular complexity index is 338. The first kappa shape index (κ1) is 10.5. The number of phenolic OH excluding ortho intramolecular Hbond substituents is 1. The van der Waals surface area contributed by atoms with Crippen LogP contribution in [0.15, 0.2) is 12.1 Å². The minimum Gasteiger partial charge on any atom is -0.506 e. The van der Waals surface area contributed by atoms with Gasteiger partial charge < -0.3 is 5.11 Å². The van der Waals surface area contributed by atoms with Gasteiger partial charge in [-0.2, -0.15) is 0 Å². The van der Waals surface area contributed by atoms with Crippen LogP contribution in [0.2, 0.25) is 0 Å². The van der Waals surface area contributed by atoms with Gasteiger partial charge >= 0.3 is 0 Å². The molecule has 2 nitrogen and oxygen atoms in total. The summed E-state index contributed by atoms with van der Waals surface area (Å²) in [5.41, 5.74) is 0.160. The van der Waals surface area contributed by atoms with Gasteiger partial charge in [-0.3, -0.25) is 4.79 Å². The third-order valence-corrected chi connectivity index (χ3v) is 2.89. The van der Waals surface area contributed by atoms with Crippen LogP contribution >= 0.6 is 56.8 Å². The second-order valence-electron chi connectivity index (χ2n) is 2.06. The van der Waals surface area contributed by atoms with Crippen LogP contribution in [0.25, 0.3) is 0 Å². The quantitative estimate of drug-likeness (QED) is 0.573. The van der Waals surface area contributed by atoms with E-state index in [-0.39, 0.29) is 11.3 Å². The number of halogens is 3. The van der Waals surface area contributed by atoms with Gasteiger partial charge in [0.25, 0.3) is 5.24 Å². The largest absolute Gasteiger partial charge is 0.506 e. The minimum atomic E-state index is -0.635. The van der Waals surface area contributed by atoms with Gasteiger partial charge in [0, 0.05) is 3.57 Å². The molecule has 12 heavy (non-hydrogen) atoms. The van der Waals surface area contributed by atoms with E-state index in [2.05, 4.69) is 22.6 Å². The van der Waals surface area contributed by atoms with Crippen LogP contribution in [0, 0.1) is 7.14 Å². The molecule has 1 aromatic rings. The number of aromatic hydroxyl groups is 1. The molecular weight excluding hydrogens is 405 g/mol. The molecule has 0 aromatic heterocycles. The van der Waals surface area contributed by atoms with Gasteiger partial charge in [-0.15, -0.1) is 0 Å². The Labute approximate surface area is 102 Å². The fourth-order valence-corrected chi connectivity index (χ4v) is 2.70. The average molecular weight is 408 g/mol. The van der Waals surface area contributed by atoms with E-state index in [1.54, 1.807) is 12.1 Å². The van der Waals surface area contributed by atoms with Crippen molar-refractivity contribution in [1.82, 2.24) is 0 Å². The van der Waals surface area contributed by atoms with Crippen molar-refractivity contribution in [3.05, 3.63) is 24.8 Å². The second-order valence-corrected chi connectivity index (χ2v) is 4.81. The first-order valence-electron chi connectivity index (χ1n) is 2.90. The predicted octanol–water partition coefficient (Wildman–Crippen LogP) is 2.98. The van der Waals surface area contributed by atoms with Crippen molar-refractivity contribution in [3.8, 4) is 5.75 Å². The van der Waals surface area contributed by atoms with Crippen molar-refractivity contribution >= 4 is 62.0 Å². The second kappa shape index (κ2) is 4.10. The molecule has 0 aliphatic carbocycles. The number of hydrogen-bond acceptors (Lipinski definition) is 2. The van der Waals surface area contributed by atoms with Gasteiger partial charge in [0.05, 0.1) is 9.13 Å². The standard InChI is InChI=1S/C7H3ClI2O2/c8-7(12)4-1-3(9)2-5(10)6(4)11/h1-2,11H. The molecule has 0 heterocycles. The van der Waals surface area contributed by atoms with Gasteiger partial charge in [-0.25, -0.2) is 0 Å². The highest BCUT2D eigenvalue weighted by molar-refractivity contribution is 14.1. The van der Waals surface area contributed by atoms with Crippen LogP contribution in [-0.4, -0.2) is 10.3 Å². The number of hydrogen-bond donors (Lipinski definition) is 1. The summed E-state index contributed by atoms with van der Waals surface area (Å²) in [6.45, 7) is 0. The zero-order valence-electron chi connectivity index (χ0n) is 5.64. The van der Waals surface area contributed by atoms with Crippen LogP contribution in [0.3, 0.4) is 0 Å². The van der Waals surface area contributed by atoms with E-state index in [9.17, 15) is 9.90 Å². The highest BCUT2D eigenvalue weighted by Gasteiger charge is 2.12. The van der Waals surface area contributed by atoms with Crippen LogP contribution in [0.4, 0.5) is 0 Å². The summed E-state index contributed by atoms with van der Waals surface area (Å²) in [4.78, 5) is 10.8. The summed E-state index contributed by atoms with van der Waals surface area (Å²) in [7, 11) is 0. The van der Waals surface area contributed by atoms with Crippen LogP contribution in [0.5, 0.6) is 5.75 Å². The lowest BCUT2D eigenvalue weighted by Crippen LogP contribution is -1.92. The monoisotopic (exact) mass is 408 g/mol. The summed E-state index contributed by atoms with van der Waals surface area (Å²) >= 11 is 9.24. The number of carbonyl (C=O) groups is 1. The van der Waals surface area contributed by atoms with Crippen molar-refractivity contribution < 1.29 is 9.90 Å². The van der Waals surface area contributed by atoms with Crippen molar-refractivity contribution in [2.24, 2.45) is 0 Å². The van der Waals surface area contributed by atoms with Crippen LogP contribution < -0.4 is 0 Å². The van der Waals surface area contributed by atoms with Crippen molar-refractivity contribution in [2.45, 2.75) is 0 Å². The molecule has 1 aromatic carbocycles. The van der Waals surface area contributed by atoms with Crippen molar-refractivity contribution in [2.75, 3.05) is 0 Å². The summed E-state index contributed by atoms with van der Waals surface area (Å²) in [5.74, 6) is -0.0454. The summed E-state index contributed by atoms with van der Waals surface area (Å²) < 4.78 is 1.50. The number of benzene rings is 1. The molecule has 5 heteroatoms. The van der Waals surface area contributed by atoms with Crippen molar-refractivity contribution in [1.29, 1.82) is 0 Å². The maximum atomic E-state index is 10.8. The molecule has 0 aliphatic rings. The molecule has 1 rings (SSSR count). The predicted molar refractivity (Wildman–Crippen MR) is 63.7 cm³/mol. The highest BCUT2D eigenvalue weighted by atomic mass is 127. The number of carbonyl (C=O) groups excluding carboxylic acids is 1. The van der Waals surface area contributed by atoms with Gasteiger partial charge in [-0.05, 0) is 68.9 Å². The van der Waals surface area contributed by atoms with Crippen molar-refractivity contribution in [3.63, 3.8) is 0 Å².